The second kappa shape index (κ2) is 5.00. The molecule has 6 heteroatoms. The summed E-state index contributed by atoms with van der Waals surface area (Å²) in [4.78, 5) is 8.87. The molecule has 0 radical (unpaired) electrons. The van der Waals surface area contributed by atoms with E-state index in [1.165, 1.54) is 12.8 Å². The molecule has 0 bridgehead atoms. The van der Waals surface area contributed by atoms with Gasteiger partial charge in [0, 0.05) is 24.4 Å². The minimum absolute atomic E-state index is 0.125. The number of rotatable bonds is 5. The molecule has 1 aliphatic carbocycles. The molecule has 0 N–H and O–H groups in total. The largest absolute Gasteiger partial charge is 0.338 e. The molecule has 0 amide bonds. The Balaban J connectivity index is 1.72. The number of nitrogens with zero attached hydrogens (tertiary/aromatic N) is 4. The number of thioether (sulfide) groups is 1. The zero-order valence-electron chi connectivity index (χ0n) is 11.4. The first-order chi connectivity index (χ1) is 9.15. The molecule has 0 aromatic carbocycles. The molecular weight excluding hydrogens is 260 g/mol. The van der Waals surface area contributed by atoms with Crippen LogP contribution in [-0.2, 0) is 0 Å². The Hall–Kier alpha value is -1.30. The van der Waals surface area contributed by atoms with Crippen LogP contribution in [0.1, 0.15) is 62.5 Å². The van der Waals surface area contributed by atoms with Crippen LogP contribution in [0.25, 0.3) is 0 Å². The van der Waals surface area contributed by atoms with Crippen LogP contribution >= 0.6 is 11.8 Å². The SMILES string of the molecule is CC(C)c1noc([C@@H](C)Sc2nccn2C2CC2)n1. The van der Waals surface area contributed by atoms with Crippen LogP contribution in [0.3, 0.4) is 0 Å². The molecule has 3 rings (SSSR count). The summed E-state index contributed by atoms with van der Waals surface area (Å²) < 4.78 is 7.58. The zero-order chi connectivity index (χ0) is 13.4. The van der Waals surface area contributed by atoms with Crippen molar-refractivity contribution >= 4 is 11.8 Å². The van der Waals surface area contributed by atoms with Gasteiger partial charge >= 0.3 is 0 Å². The van der Waals surface area contributed by atoms with Gasteiger partial charge in [-0.3, -0.25) is 0 Å². The van der Waals surface area contributed by atoms with Gasteiger partial charge in [0.25, 0.3) is 0 Å². The third-order valence-electron chi connectivity index (χ3n) is 3.18. The minimum atomic E-state index is 0.125. The smallest absolute Gasteiger partial charge is 0.239 e. The quantitative estimate of drug-likeness (QED) is 0.782. The highest BCUT2D eigenvalue weighted by Crippen LogP contribution is 2.40. The van der Waals surface area contributed by atoms with Crippen molar-refractivity contribution in [3.05, 3.63) is 24.1 Å². The lowest BCUT2D eigenvalue weighted by Crippen LogP contribution is -1.98. The average Bonchev–Trinajstić information content (AvgIpc) is 2.93. The lowest BCUT2D eigenvalue weighted by molar-refractivity contribution is 0.373. The summed E-state index contributed by atoms with van der Waals surface area (Å²) in [5.74, 6) is 1.75. The van der Waals surface area contributed by atoms with Crippen molar-refractivity contribution < 1.29 is 4.52 Å². The minimum Gasteiger partial charge on any atom is -0.338 e. The number of imidazole rings is 1. The van der Waals surface area contributed by atoms with Crippen LogP contribution in [-0.4, -0.2) is 19.7 Å². The van der Waals surface area contributed by atoms with Gasteiger partial charge in [-0.05, 0) is 19.8 Å². The Labute approximate surface area is 116 Å². The van der Waals surface area contributed by atoms with E-state index in [0.717, 1.165) is 11.0 Å². The summed E-state index contributed by atoms with van der Waals surface area (Å²) in [6, 6.07) is 0.645. The molecule has 2 aromatic rings. The molecule has 0 spiro atoms. The Morgan fingerprint density at radius 2 is 2.16 bits per heavy atom. The fourth-order valence-electron chi connectivity index (χ4n) is 1.88. The van der Waals surface area contributed by atoms with Gasteiger partial charge in [0.2, 0.25) is 5.89 Å². The highest BCUT2D eigenvalue weighted by molar-refractivity contribution is 7.99. The molecule has 0 unspecified atom stereocenters. The van der Waals surface area contributed by atoms with Gasteiger partial charge in [0.1, 0.15) is 0 Å². The monoisotopic (exact) mass is 278 g/mol. The van der Waals surface area contributed by atoms with Crippen molar-refractivity contribution in [1.82, 2.24) is 19.7 Å². The lowest BCUT2D eigenvalue weighted by atomic mass is 10.2. The molecule has 0 aliphatic heterocycles. The van der Waals surface area contributed by atoms with Gasteiger partial charge in [0.15, 0.2) is 11.0 Å². The van der Waals surface area contributed by atoms with Crippen LogP contribution in [0.2, 0.25) is 0 Å². The zero-order valence-corrected chi connectivity index (χ0v) is 12.2. The van der Waals surface area contributed by atoms with Gasteiger partial charge in [-0.25, -0.2) is 4.98 Å². The van der Waals surface area contributed by atoms with Crippen molar-refractivity contribution in [2.75, 3.05) is 0 Å². The van der Waals surface area contributed by atoms with Crippen LogP contribution in [0.4, 0.5) is 0 Å². The maximum atomic E-state index is 5.33. The van der Waals surface area contributed by atoms with E-state index in [2.05, 4.69) is 46.7 Å². The van der Waals surface area contributed by atoms with E-state index in [1.807, 2.05) is 6.20 Å². The van der Waals surface area contributed by atoms with Crippen LogP contribution in [0.5, 0.6) is 0 Å². The van der Waals surface area contributed by atoms with E-state index in [4.69, 9.17) is 4.52 Å². The molecule has 19 heavy (non-hydrogen) atoms. The fraction of sp³-hybridized carbons (Fsp3) is 0.615. The molecule has 2 heterocycles. The van der Waals surface area contributed by atoms with Crippen molar-refractivity contribution in [2.24, 2.45) is 0 Å². The second-order valence-corrected chi connectivity index (χ2v) is 6.56. The first kappa shape index (κ1) is 12.7. The molecule has 1 saturated carbocycles. The number of hydrogen-bond acceptors (Lipinski definition) is 5. The van der Waals surface area contributed by atoms with Gasteiger partial charge in [-0.2, -0.15) is 4.98 Å². The van der Waals surface area contributed by atoms with Crippen LogP contribution in [0, 0.1) is 0 Å². The molecule has 1 fully saturated rings. The molecule has 102 valence electrons. The summed E-state index contributed by atoms with van der Waals surface area (Å²) in [5.41, 5.74) is 0. The summed E-state index contributed by atoms with van der Waals surface area (Å²) >= 11 is 1.68. The van der Waals surface area contributed by atoms with Gasteiger partial charge in [-0.1, -0.05) is 30.8 Å². The van der Waals surface area contributed by atoms with E-state index in [1.54, 1.807) is 11.8 Å². The molecule has 1 aliphatic rings. The predicted molar refractivity (Wildman–Crippen MR) is 73.2 cm³/mol. The second-order valence-electron chi connectivity index (χ2n) is 5.25. The highest BCUT2D eigenvalue weighted by atomic mass is 32.2. The summed E-state index contributed by atoms with van der Waals surface area (Å²) in [6.07, 6.45) is 6.44. The Morgan fingerprint density at radius 3 is 2.79 bits per heavy atom. The normalized spacial score (nSPS) is 17.1. The highest BCUT2D eigenvalue weighted by Gasteiger charge is 2.27. The van der Waals surface area contributed by atoms with E-state index in [-0.39, 0.29) is 5.25 Å². The van der Waals surface area contributed by atoms with Crippen molar-refractivity contribution in [1.29, 1.82) is 0 Å². The van der Waals surface area contributed by atoms with E-state index < -0.39 is 0 Å². The molecule has 5 nitrogen and oxygen atoms in total. The maximum absolute atomic E-state index is 5.33. The first-order valence-corrected chi connectivity index (χ1v) is 7.56. The summed E-state index contributed by atoms with van der Waals surface area (Å²) in [5, 5.41) is 5.18. The average molecular weight is 278 g/mol. The fourth-order valence-corrected chi connectivity index (χ4v) is 2.84. The number of aromatic nitrogens is 4. The molecule has 0 saturated heterocycles. The lowest BCUT2D eigenvalue weighted by Gasteiger charge is -2.08. The standard InChI is InChI=1S/C13H18N4OS/c1-8(2)11-15-12(18-16-11)9(3)19-13-14-6-7-17(13)10-4-5-10/h6-10H,4-5H2,1-3H3/t9-/m1/s1. The predicted octanol–water partition coefficient (Wildman–Crippen LogP) is 3.58. The van der Waals surface area contributed by atoms with Crippen molar-refractivity contribution in [3.8, 4) is 0 Å². The van der Waals surface area contributed by atoms with Crippen molar-refractivity contribution in [3.63, 3.8) is 0 Å². The molecule has 2 aromatic heterocycles. The number of hydrogen-bond donors (Lipinski definition) is 0. The first-order valence-electron chi connectivity index (χ1n) is 6.68. The van der Waals surface area contributed by atoms with E-state index >= 15 is 0 Å². The molecular formula is C13H18N4OS. The van der Waals surface area contributed by atoms with Crippen LogP contribution < -0.4 is 0 Å². The Bertz CT molecular complexity index is 558. The van der Waals surface area contributed by atoms with E-state index in [9.17, 15) is 0 Å². The van der Waals surface area contributed by atoms with Gasteiger partial charge < -0.3 is 9.09 Å². The Kier molecular flexibility index (Phi) is 3.35. The summed E-state index contributed by atoms with van der Waals surface area (Å²) in [6.45, 7) is 6.20. The van der Waals surface area contributed by atoms with Gasteiger partial charge in [0.05, 0.1) is 5.25 Å². The third-order valence-corrected chi connectivity index (χ3v) is 4.26. The Morgan fingerprint density at radius 1 is 1.37 bits per heavy atom. The van der Waals surface area contributed by atoms with E-state index in [0.29, 0.717) is 17.9 Å². The molecule has 1 atom stereocenters. The topological polar surface area (TPSA) is 56.7 Å². The third kappa shape index (κ3) is 2.68. The van der Waals surface area contributed by atoms with Crippen molar-refractivity contribution in [2.45, 2.75) is 56.0 Å². The van der Waals surface area contributed by atoms with Gasteiger partial charge in [-0.15, -0.1) is 0 Å². The van der Waals surface area contributed by atoms with Crippen LogP contribution in [0.15, 0.2) is 22.1 Å². The maximum Gasteiger partial charge on any atom is 0.239 e. The summed E-state index contributed by atoms with van der Waals surface area (Å²) in [7, 11) is 0.